The lowest BCUT2D eigenvalue weighted by Crippen LogP contribution is -2.43. The molecule has 1 aliphatic heterocycles. The molecule has 3 rings (SSSR count). The highest BCUT2D eigenvalue weighted by molar-refractivity contribution is 9.10. The van der Waals surface area contributed by atoms with Gasteiger partial charge in [0.2, 0.25) is 0 Å². The molecule has 98 valence electrons. The van der Waals surface area contributed by atoms with Gasteiger partial charge in [0, 0.05) is 19.3 Å². The molecule has 8 heteroatoms. The maximum absolute atomic E-state index is 12.0. The van der Waals surface area contributed by atoms with Crippen molar-refractivity contribution in [1.29, 1.82) is 0 Å². The smallest absolute Gasteiger partial charge is 0.279 e. The van der Waals surface area contributed by atoms with Crippen LogP contribution in [0.5, 0.6) is 0 Å². The second-order valence-electron chi connectivity index (χ2n) is 4.18. The maximum Gasteiger partial charge on any atom is 0.279 e. The lowest BCUT2D eigenvalue weighted by atomic mass is 10.2. The van der Waals surface area contributed by atoms with Crippen LogP contribution < -0.4 is 10.6 Å². The molecule has 0 aromatic carbocycles. The summed E-state index contributed by atoms with van der Waals surface area (Å²) >= 11 is 3.32. The van der Waals surface area contributed by atoms with Crippen molar-refractivity contribution in [2.75, 3.05) is 18.4 Å². The third-order valence-electron chi connectivity index (χ3n) is 2.87. The first-order chi connectivity index (χ1) is 9.24. The number of rotatable bonds is 3. The van der Waals surface area contributed by atoms with E-state index >= 15 is 0 Å². The van der Waals surface area contributed by atoms with Crippen LogP contribution in [0.1, 0.15) is 16.5 Å². The Morgan fingerprint density at radius 1 is 1.53 bits per heavy atom. The van der Waals surface area contributed by atoms with Crippen LogP contribution in [-0.4, -0.2) is 39.0 Å². The van der Waals surface area contributed by atoms with Crippen LogP contribution in [0.25, 0.3) is 0 Å². The summed E-state index contributed by atoms with van der Waals surface area (Å²) in [4.78, 5) is 16.1. The average Bonchev–Trinajstić information content (AvgIpc) is 2.79. The van der Waals surface area contributed by atoms with Crippen molar-refractivity contribution >= 4 is 27.7 Å². The number of carbonyl (C=O) groups is 1. The Bertz CT molecular complexity index is 609. The minimum Gasteiger partial charge on any atom is -0.312 e. The van der Waals surface area contributed by atoms with E-state index in [4.69, 9.17) is 0 Å². The number of hydrogen-bond donors (Lipinski definition) is 2. The maximum atomic E-state index is 12.0. The Kier molecular flexibility index (Phi) is 3.26. The molecular weight excluding hydrogens is 312 g/mol. The van der Waals surface area contributed by atoms with E-state index in [1.807, 2.05) is 0 Å². The highest BCUT2D eigenvalue weighted by Crippen LogP contribution is 2.19. The second kappa shape index (κ2) is 5.06. The molecule has 1 saturated heterocycles. The Labute approximate surface area is 117 Å². The Morgan fingerprint density at radius 2 is 2.37 bits per heavy atom. The number of carbonyl (C=O) groups excluding carboxylic acids is 1. The van der Waals surface area contributed by atoms with Gasteiger partial charge in [0.25, 0.3) is 5.91 Å². The van der Waals surface area contributed by atoms with E-state index < -0.39 is 0 Å². The Morgan fingerprint density at radius 3 is 3.05 bits per heavy atom. The molecule has 19 heavy (non-hydrogen) atoms. The van der Waals surface area contributed by atoms with Crippen molar-refractivity contribution < 1.29 is 4.79 Å². The number of halogens is 1. The molecule has 7 nitrogen and oxygen atoms in total. The predicted molar refractivity (Wildman–Crippen MR) is 71.8 cm³/mol. The van der Waals surface area contributed by atoms with E-state index in [0.717, 1.165) is 17.6 Å². The van der Waals surface area contributed by atoms with E-state index in [0.29, 0.717) is 5.82 Å². The summed E-state index contributed by atoms with van der Waals surface area (Å²) in [7, 11) is 0. The van der Waals surface area contributed by atoms with Gasteiger partial charge < -0.3 is 10.6 Å². The molecule has 0 spiro atoms. The zero-order chi connectivity index (χ0) is 13.2. The molecule has 2 N–H and O–H groups in total. The summed E-state index contributed by atoms with van der Waals surface area (Å²) in [6.45, 7) is 1.71. The highest BCUT2D eigenvalue weighted by atomic mass is 79.9. The molecule has 1 fully saturated rings. The fourth-order valence-electron chi connectivity index (χ4n) is 1.67. The quantitative estimate of drug-likeness (QED) is 0.874. The minimum absolute atomic E-state index is 0.282. The summed E-state index contributed by atoms with van der Waals surface area (Å²) in [5.41, 5.74) is 0.282. The van der Waals surface area contributed by atoms with Crippen molar-refractivity contribution in [2.24, 2.45) is 0 Å². The van der Waals surface area contributed by atoms with Gasteiger partial charge in [-0.25, -0.2) is 9.67 Å². The standard InChI is InChI=1S/C11H11BrN6O/c12-8-2-1-3-14-10(8)15-11(19)9-6-18(17-16-9)7-4-13-5-7/h1-3,6-7,13H,4-5H2,(H,14,15,19). The summed E-state index contributed by atoms with van der Waals surface area (Å²) < 4.78 is 2.43. The van der Waals surface area contributed by atoms with Crippen LogP contribution in [0.2, 0.25) is 0 Å². The first-order valence-electron chi connectivity index (χ1n) is 5.78. The zero-order valence-corrected chi connectivity index (χ0v) is 11.5. The van der Waals surface area contributed by atoms with E-state index in [-0.39, 0.29) is 17.6 Å². The third kappa shape index (κ3) is 2.49. The van der Waals surface area contributed by atoms with Gasteiger partial charge in [-0.1, -0.05) is 5.21 Å². The number of anilines is 1. The Hall–Kier alpha value is -1.80. The SMILES string of the molecule is O=C(Nc1ncccc1Br)c1cn(C2CNC2)nn1. The fourth-order valence-corrected chi connectivity index (χ4v) is 2.02. The number of aromatic nitrogens is 4. The van der Waals surface area contributed by atoms with Gasteiger partial charge in [0.1, 0.15) is 5.82 Å². The predicted octanol–water partition coefficient (Wildman–Crippen LogP) is 0.832. The molecule has 2 aromatic heterocycles. The molecule has 0 aliphatic carbocycles. The molecule has 3 heterocycles. The molecule has 0 bridgehead atoms. The zero-order valence-electron chi connectivity index (χ0n) is 9.88. The average molecular weight is 323 g/mol. The molecule has 0 saturated carbocycles. The van der Waals surface area contributed by atoms with Gasteiger partial charge in [0.05, 0.1) is 16.7 Å². The summed E-state index contributed by atoms with van der Waals surface area (Å²) in [5, 5.41) is 13.7. The monoisotopic (exact) mass is 322 g/mol. The molecule has 0 unspecified atom stereocenters. The molecule has 0 radical (unpaired) electrons. The number of hydrogen-bond acceptors (Lipinski definition) is 5. The van der Waals surface area contributed by atoms with Crippen molar-refractivity contribution in [2.45, 2.75) is 6.04 Å². The summed E-state index contributed by atoms with van der Waals surface area (Å²) in [5.74, 6) is 0.144. The summed E-state index contributed by atoms with van der Waals surface area (Å²) in [6, 6.07) is 3.87. The first-order valence-corrected chi connectivity index (χ1v) is 6.58. The molecule has 0 atom stereocenters. The van der Waals surface area contributed by atoms with Gasteiger partial charge in [-0.15, -0.1) is 5.10 Å². The molecule has 1 amide bonds. The van der Waals surface area contributed by atoms with Crippen molar-refractivity contribution in [3.05, 3.63) is 34.7 Å². The number of amides is 1. The fraction of sp³-hybridized carbons (Fsp3) is 0.273. The van der Waals surface area contributed by atoms with Crippen molar-refractivity contribution in [1.82, 2.24) is 25.3 Å². The number of nitrogens with zero attached hydrogens (tertiary/aromatic N) is 4. The largest absolute Gasteiger partial charge is 0.312 e. The van der Waals surface area contributed by atoms with Crippen LogP contribution in [0, 0.1) is 0 Å². The van der Waals surface area contributed by atoms with Crippen LogP contribution in [0.4, 0.5) is 5.82 Å². The molecule has 1 aliphatic rings. The number of pyridine rings is 1. The van der Waals surface area contributed by atoms with Crippen LogP contribution in [-0.2, 0) is 0 Å². The lowest BCUT2D eigenvalue weighted by molar-refractivity contribution is 0.102. The van der Waals surface area contributed by atoms with Gasteiger partial charge in [0.15, 0.2) is 5.69 Å². The van der Waals surface area contributed by atoms with Crippen molar-refractivity contribution in [3.8, 4) is 0 Å². The minimum atomic E-state index is -0.321. The third-order valence-corrected chi connectivity index (χ3v) is 3.51. The van der Waals surface area contributed by atoms with E-state index in [1.54, 1.807) is 29.2 Å². The molecular formula is C11H11BrN6O. The number of nitrogens with one attached hydrogen (secondary N) is 2. The lowest BCUT2D eigenvalue weighted by Gasteiger charge is -2.26. The van der Waals surface area contributed by atoms with Crippen molar-refractivity contribution in [3.63, 3.8) is 0 Å². The van der Waals surface area contributed by atoms with E-state index in [2.05, 4.69) is 41.9 Å². The second-order valence-corrected chi connectivity index (χ2v) is 5.04. The highest BCUT2D eigenvalue weighted by Gasteiger charge is 2.21. The summed E-state index contributed by atoms with van der Waals surface area (Å²) in [6.07, 6.45) is 3.26. The Balaban J connectivity index is 1.73. The first kappa shape index (κ1) is 12.2. The van der Waals surface area contributed by atoms with Crippen LogP contribution in [0.3, 0.4) is 0 Å². The molecule has 2 aromatic rings. The van der Waals surface area contributed by atoms with Crippen LogP contribution >= 0.6 is 15.9 Å². The van der Waals surface area contributed by atoms with E-state index in [9.17, 15) is 4.79 Å². The van der Waals surface area contributed by atoms with Gasteiger partial charge in [-0.3, -0.25) is 4.79 Å². The normalized spacial score (nSPS) is 15.0. The van der Waals surface area contributed by atoms with Gasteiger partial charge >= 0.3 is 0 Å². The van der Waals surface area contributed by atoms with Crippen LogP contribution in [0.15, 0.2) is 29.0 Å². The van der Waals surface area contributed by atoms with E-state index in [1.165, 1.54) is 0 Å². The van der Waals surface area contributed by atoms with Gasteiger partial charge in [-0.2, -0.15) is 0 Å². The van der Waals surface area contributed by atoms with Gasteiger partial charge in [-0.05, 0) is 28.1 Å². The topological polar surface area (TPSA) is 84.7 Å².